The fourth-order valence-electron chi connectivity index (χ4n) is 2.56. The van der Waals surface area contributed by atoms with Crippen molar-refractivity contribution in [1.29, 1.82) is 0 Å². The number of likely N-dealkylation sites (tertiary alicyclic amines) is 1. The summed E-state index contributed by atoms with van der Waals surface area (Å²) >= 11 is 6.02. The van der Waals surface area contributed by atoms with Gasteiger partial charge in [0.1, 0.15) is 5.54 Å². The number of nitrogens with zero attached hydrogens (tertiary/aromatic N) is 1. The van der Waals surface area contributed by atoms with Gasteiger partial charge in [0.15, 0.2) is 0 Å². The molecule has 5 nitrogen and oxygen atoms in total. The van der Waals surface area contributed by atoms with Gasteiger partial charge < -0.3 is 10.4 Å². The van der Waals surface area contributed by atoms with Crippen LogP contribution in [-0.4, -0.2) is 40.5 Å². The van der Waals surface area contributed by atoms with Crippen LogP contribution >= 0.6 is 11.6 Å². The lowest BCUT2D eigenvalue weighted by molar-refractivity contribution is -0.149. The van der Waals surface area contributed by atoms with Crippen LogP contribution in [-0.2, 0) is 9.59 Å². The number of anilines is 1. The maximum atomic E-state index is 12.1. The average molecular weight is 311 g/mol. The van der Waals surface area contributed by atoms with E-state index in [-0.39, 0.29) is 12.5 Å². The molecule has 0 bridgehead atoms. The van der Waals surface area contributed by atoms with Crippen LogP contribution < -0.4 is 5.32 Å². The zero-order chi connectivity index (χ0) is 15.6. The molecule has 1 heterocycles. The Morgan fingerprint density at radius 2 is 2.19 bits per heavy atom. The number of carboxylic acid groups (broad SMARTS) is 1. The van der Waals surface area contributed by atoms with E-state index in [1.54, 1.807) is 24.0 Å². The normalized spacial score (nSPS) is 22.2. The highest BCUT2D eigenvalue weighted by Crippen LogP contribution is 2.29. The lowest BCUT2D eigenvalue weighted by Gasteiger charge is -2.30. The Balaban J connectivity index is 2.01. The minimum Gasteiger partial charge on any atom is -0.480 e. The van der Waals surface area contributed by atoms with Crippen LogP contribution in [0.25, 0.3) is 0 Å². The van der Waals surface area contributed by atoms with Crippen molar-refractivity contribution in [3.05, 3.63) is 28.8 Å². The van der Waals surface area contributed by atoms with Crippen molar-refractivity contribution in [2.24, 2.45) is 0 Å². The summed E-state index contributed by atoms with van der Waals surface area (Å²) in [5.41, 5.74) is 0.599. The first-order valence-corrected chi connectivity index (χ1v) is 7.25. The van der Waals surface area contributed by atoms with E-state index >= 15 is 0 Å². The van der Waals surface area contributed by atoms with Crippen LogP contribution in [0.2, 0.25) is 5.02 Å². The molecule has 0 aliphatic carbocycles. The summed E-state index contributed by atoms with van der Waals surface area (Å²) < 4.78 is 0. The highest BCUT2D eigenvalue weighted by Gasteiger charge is 2.43. The number of aryl methyl sites for hydroxylation is 1. The van der Waals surface area contributed by atoms with Crippen LogP contribution in [0.15, 0.2) is 18.2 Å². The topological polar surface area (TPSA) is 69.6 Å². The third-order valence-corrected chi connectivity index (χ3v) is 4.45. The first kappa shape index (κ1) is 15.8. The number of nitrogens with one attached hydrogen (secondary N) is 1. The molecule has 1 aromatic carbocycles. The Hall–Kier alpha value is -1.59. The largest absolute Gasteiger partial charge is 0.480 e. The molecule has 2 N–H and O–H groups in total. The number of carboxylic acids is 1. The summed E-state index contributed by atoms with van der Waals surface area (Å²) in [6, 6.07) is 5.30. The van der Waals surface area contributed by atoms with Crippen molar-refractivity contribution in [2.75, 3.05) is 18.4 Å². The predicted octanol–water partition coefficient (Wildman–Crippen LogP) is 2.53. The molecule has 1 unspecified atom stereocenters. The van der Waals surface area contributed by atoms with Crippen molar-refractivity contribution < 1.29 is 14.7 Å². The van der Waals surface area contributed by atoms with Crippen molar-refractivity contribution in [2.45, 2.75) is 32.2 Å². The van der Waals surface area contributed by atoms with Gasteiger partial charge in [-0.2, -0.15) is 0 Å². The number of rotatable bonds is 4. The van der Waals surface area contributed by atoms with Crippen molar-refractivity contribution in [1.82, 2.24) is 4.90 Å². The van der Waals surface area contributed by atoms with Crippen LogP contribution in [0.5, 0.6) is 0 Å². The van der Waals surface area contributed by atoms with Gasteiger partial charge >= 0.3 is 5.97 Å². The van der Waals surface area contributed by atoms with E-state index in [0.717, 1.165) is 12.0 Å². The first-order valence-electron chi connectivity index (χ1n) is 6.87. The summed E-state index contributed by atoms with van der Waals surface area (Å²) in [7, 11) is 0. The molecular formula is C15H19ClN2O3. The summed E-state index contributed by atoms with van der Waals surface area (Å²) in [5.74, 6) is -1.12. The lowest BCUT2D eigenvalue weighted by Crippen LogP contribution is -2.50. The molecule has 1 amide bonds. The molecule has 0 radical (unpaired) electrons. The van der Waals surface area contributed by atoms with E-state index in [2.05, 4.69) is 5.32 Å². The number of benzene rings is 1. The van der Waals surface area contributed by atoms with E-state index in [4.69, 9.17) is 11.6 Å². The van der Waals surface area contributed by atoms with Crippen LogP contribution in [0.4, 0.5) is 5.69 Å². The molecule has 0 spiro atoms. The minimum atomic E-state index is -0.956. The van der Waals surface area contributed by atoms with Gasteiger partial charge in [-0.3, -0.25) is 14.5 Å². The molecule has 1 atom stereocenters. The van der Waals surface area contributed by atoms with Gasteiger partial charge in [-0.1, -0.05) is 17.7 Å². The van der Waals surface area contributed by atoms with Gasteiger partial charge in [-0.25, -0.2) is 0 Å². The number of carbonyl (C=O) groups excluding carboxylic acids is 1. The Labute approximate surface area is 128 Å². The van der Waals surface area contributed by atoms with E-state index in [1.165, 1.54) is 0 Å². The minimum absolute atomic E-state index is 0.0638. The molecule has 1 aliphatic rings. The molecule has 114 valence electrons. The quantitative estimate of drug-likeness (QED) is 0.896. The molecule has 6 heteroatoms. The SMILES string of the molecule is Cc1ccc(NC(=O)CN2CCCC2(C)C(=O)O)cc1Cl. The van der Waals surface area contributed by atoms with E-state index in [1.807, 2.05) is 13.0 Å². The number of carbonyl (C=O) groups is 2. The molecule has 2 rings (SSSR count). The third kappa shape index (κ3) is 3.36. The monoisotopic (exact) mass is 310 g/mol. The zero-order valence-corrected chi connectivity index (χ0v) is 12.9. The van der Waals surface area contributed by atoms with Gasteiger partial charge in [0, 0.05) is 10.7 Å². The third-order valence-electron chi connectivity index (χ3n) is 4.04. The smallest absolute Gasteiger partial charge is 0.323 e. The summed E-state index contributed by atoms with van der Waals surface area (Å²) in [5, 5.41) is 12.7. The highest BCUT2D eigenvalue weighted by atomic mass is 35.5. The molecular weight excluding hydrogens is 292 g/mol. The average Bonchev–Trinajstić information content (AvgIpc) is 2.77. The summed E-state index contributed by atoms with van der Waals surface area (Å²) in [4.78, 5) is 25.2. The van der Waals surface area contributed by atoms with Crippen LogP contribution in [0, 0.1) is 6.92 Å². The fraction of sp³-hybridized carbons (Fsp3) is 0.467. The van der Waals surface area contributed by atoms with Crippen LogP contribution in [0.3, 0.4) is 0 Å². The Morgan fingerprint density at radius 1 is 1.48 bits per heavy atom. The standard InChI is InChI=1S/C15H19ClN2O3/c1-10-4-5-11(8-12(10)16)17-13(19)9-18-7-3-6-15(18,2)14(20)21/h4-5,8H,3,6-7,9H2,1-2H3,(H,17,19)(H,20,21). The first-order chi connectivity index (χ1) is 9.83. The van der Waals surface area contributed by atoms with Crippen molar-refractivity contribution in [3.63, 3.8) is 0 Å². The predicted molar refractivity (Wildman–Crippen MR) is 81.7 cm³/mol. The number of amides is 1. The molecule has 1 aliphatic heterocycles. The zero-order valence-electron chi connectivity index (χ0n) is 12.1. The second-order valence-corrected chi connectivity index (χ2v) is 6.02. The van der Waals surface area contributed by atoms with Gasteiger partial charge in [0.25, 0.3) is 0 Å². The molecule has 0 aromatic heterocycles. The van der Waals surface area contributed by atoms with E-state index in [0.29, 0.717) is 23.7 Å². The van der Waals surface area contributed by atoms with Gasteiger partial charge in [0.05, 0.1) is 6.54 Å². The van der Waals surface area contributed by atoms with Crippen LogP contribution in [0.1, 0.15) is 25.3 Å². The molecule has 1 aromatic rings. The Bertz CT molecular complexity index is 576. The van der Waals surface area contributed by atoms with Gasteiger partial charge in [-0.15, -0.1) is 0 Å². The summed E-state index contributed by atoms with van der Waals surface area (Å²) in [6.45, 7) is 4.23. The number of aliphatic carboxylic acids is 1. The number of hydrogen-bond acceptors (Lipinski definition) is 3. The Kier molecular flexibility index (Phi) is 4.54. The molecule has 0 saturated carbocycles. The van der Waals surface area contributed by atoms with Crippen molar-refractivity contribution in [3.8, 4) is 0 Å². The molecule has 1 fully saturated rings. The number of hydrogen-bond donors (Lipinski definition) is 2. The number of halogens is 1. The lowest BCUT2D eigenvalue weighted by atomic mass is 9.99. The second kappa shape index (κ2) is 6.03. The second-order valence-electron chi connectivity index (χ2n) is 5.62. The van der Waals surface area contributed by atoms with Gasteiger partial charge in [-0.05, 0) is 50.9 Å². The Morgan fingerprint density at radius 3 is 2.81 bits per heavy atom. The molecule has 21 heavy (non-hydrogen) atoms. The highest BCUT2D eigenvalue weighted by molar-refractivity contribution is 6.31. The fourth-order valence-corrected chi connectivity index (χ4v) is 2.74. The van der Waals surface area contributed by atoms with Crippen molar-refractivity contribution >= 4 is 29.2 Å². The maximum Gasteiger partial charge on any atom is 0.323 e. The van der Waals surface area contributed by atoms with Gasteiger partial charge in [0.2, 0.25) is 5.91 Å². The van der Waals surface area contributed by atoms with E-state index in [9.17, 15) is 14.7 Å². The maximum absolute atomic E-state index is 12.1. The summed E-state index contributed by atoms with van der Waals surface area (Å²) in [6.07, 6.45) is 1.35. The molecule has 1 saturated heterocycles. The van der Waals surface area contributed by atoms with E-state index < -0.39 is 11.5 Å².